The SMILES string of the molecule is COc1ncc(-c2cc3c(C)nc(N)cc3n(C3CCCC3)c2=O)cc1NS(O)(O)C(C)C. The van der Waals surface area contributed by atoms with E-state index in [4.69, 9.17) is 10.5 Å². The third kappa shape index (κ3) is 4.38. The van der Waals surface area contributed by atoms with Crippen LogP contribution in [0.5, 0.6) is 5.88 Å². The predicted octanol–water partition coefficient (Wildman–Crippen LogP) is 4.96. The van der Waals surface area contributed by atoms with Crippen LogP contribution in [0.15, 0.2) is 29.2 Å². The lowest BCUT2D eigenvalue weighted by Crippen LogP contribution is -2.26. The van der Waals surface area contributed by atoms with Crippen LogP contribution in [0.4, 0.5) is 11.5 Å². The number of rotatable bonds is 6. The number of nitrogens with one attached hydrogen (secondary N) is 1. The smallest absolute Gasteiger partial charge is 0.259 e. The molecule has 0 amide bonds. The maximum Gasteiger partial charge on any atom is 0.259 e. The monoisotopic (exact) mass is 473 g/mol. The van der Waals surface area contributed by atoms with Gasteiger partial charge in [0.15, 0.2) is 0 Å². The molecule has 0 spiro atoms. The van der Waals surface area contributed by atoms with Gasteiger partial charge in [-0.05, 0) is 45.7 Å². The lowest BCUT2D eigenvalue weighted by Gasteiger charge is -2.37. The van der Waals surface area contributed by atoms with E-state index in [-0.39, 0.29) is 17.5 Å². The number of nitrogens with two attached hydrogens (primary N) is 1. The molecule has 0 bridgehead atoms. The first kappa shape index (κ1) is 23.3. The van der Waals surface area contributed by atoms with E-state index in [1.165, 1.54) is 7.11 Å². The normalized spacial score (nSPS) is 15.4. The number of pyridine rings is 3. The van der Waals surface area contributed by atoms with Gasteiger partial charge in [0.05, 0.1) is 17.9 Å². The number of hydrogen-bond acceptors (Lipinski definition) is 8. The van der Waals surface area contributed by atoms with Gasteiger partial charge in [-0.2, -0.15) is 0 Å². The van der Waals surface area contributed by atoms with E-state index in [0.29, 0.717) is 22.6 Å². The molecule has 3 aromatic heterocycles. The van der Waals surface area contributed by atoms with Crippen LogP contribution in [0.2, 0.25) is 0 Å². The van der Waals surface area contributed by atoms with Gasteiger partial charge in [0.2, 0.25) is 5.88 Å². The van der Waals surface area contributed by atoms with Crippen LogP contribution in [0.25, 0.3) is 22.0 Å². The molecule has 9 nitrogen and oxygen atoms in total. The molecule has 10 heteroatoms. The predicted molar refractivity (Wildman–Crippen MR) is 134 cm³/mol. The van der Waals surface area contributed by atoms with Crippen molar-refractivity contribution in [3.63, 3.8) is 0 Å². The molecule has 3 aromatic rings. The summed E-state index contributed by atoms with van der Waals surface area (Å²) in [7, 11) is -1.68. The molecule has 0 aromatic carbocycles. The summed E-state index contributed by atoms with van der Waals surface area (Å²) >= 11 is 0. The zero-order valence-electron chi connectivity index (χ0n) is 19.3. The Morgan fingerprint density at radius 3 is 2.58 bits per heavy atom. The Hall–Kier alpha value is -2.82. The van der Waals surface area contributed by atoms with Gasteiger partial charge in [0.1, 0.15) is 11.5 Å². The summed E-state index contributed by atoms with van der Waals surface area (Å²) in [6, 6.07) is 5.35. The van der Waals surface area contributed by atoms with Crippen molar-refractivity contribution in [2.24, 2.45) is 0 Å². The molecule has 33 heavy (non-hydrogen) atoms. The van der Waals surface area contributed by atoms with E-state index in [9.17, 15) is 13.9 Å². The Morgan fingerprint density at radius 2 is 1.94 bits per heavy atom. The Morgan fingerprint density at radius 1 is 1.24 bits per heavy atom. The lowest BCUT2D eigenvalue weighted by atomic mass is 10.0. The molecule has 0 radical (unpaired) electrons. The quantitative estimate of drug-likeness (QED) is 0.394. The third-order valence-electron chi connectivity index (χ3n) is 6.21. The van der Waals surface area contributed by atoms with Crippen molar-refractivity contribution >= 4 is 33.2 Å². The van der Waals surface area contributed by atoms with Gasteiger partial charge in [0.25, 0.3) is 5.56 Å². The molecule has 4 rings (SSSR count). The van der Waals surface area contributed by atoms with Crippen molar-refractivity contribution < 1.29 is 13.8 Å². The number of hydrogen-bond donors (Lipinski definition) is 4. The number of methoxy groups -OCH3 is 1. The lowest BCUT2D eigenvalue weighted by molar-refractivity contribution is 0.400. The van der Waals surface area contributed by atoms with E-state index in [1.54, 1.807) is 32.2 Å². The summed E-state index contributed by atoms with van der Waals surface area (Å²) < 4.78 is 30.8. The van der Waals surface area contributed by atoms with Crippen LogP contribution in [-0.2, 0) is 0 Å². The highest BCUT2D eigenvalue weighted by Crippen LogP contribution is 2.46. The van der Waals surface area contributed by atoms with Gasteiger partial charge < -0.3 is 15.0 Å². The Balaban J connectivity index is 1.94. The summed E-state index contributed by atoms with van der Waals surface area (Å²) in [5, 5.41) is 0.424. The number of aryl methyl sites for hydroxylation is 1. The highest BCUT2D eigenvalue weighted by molar-refractivity contribution is 8.25. The fourth-order valence-electron chi connectivity index (χ4n) is 4.36. The summed E-state index contributed by atoms with van der Waals surface area (Å²) in [5.74, 6) is 0.595. The van der Waals surface area contributed by atoms with Crippen LogP contribution in [0.1, 0.15) is 51.3 Å². The van der Waals surface area contributed by atoms with Gasteiger partial charge in [-0.3, -0.25) is 18.6 Å². The van der Waals surface area contributed by atoms with Gasteiger partial charge in [-0.25, -0.2) is 9.97 Å². The molecule has 5 N–H and O–H groups in total. The topological polar surface area (TPSA) is 136 Å². The number of nitrogen functional groups attached to an aromatic ring is 1. The first-order valence-electron chi connectivity index (χ1n) is 11.0. The molecule has 1 saturated carbocycles. The van der Waals surface area contributed by atoms with Gasteiger partial charge in [-0.1, -0.05) is 12.8 Å². The van der Waals surface area contributed by atoms with Crippen molar-refractivity contribution in [2.45, 2.75) is 57.7 Å². The summed E-state index contributed by atoms with van der Waals surface area (Å²) in [4.78, 5) is 22.5. The molecule has 1 aliphatic carbocycles. The maximum atomic E-state index is 13.8. The van der Waals surface area contributed by atoms with E-state index in [2.05, 4.69) is 14.7 Å². The molecule has 1 fully saturated rings. The van der Waals surface area contributed by atoms with Crippen molar-refractivity contribution in [1.29, 1.82) is 0 Å². The standard InChI is InChI=1S/C23H31N5O4S/c1-13(2)33(30,31)27-19-9-15(12-25-22(19)32-4)18-10-17-14(3)26-21(24)11-20(17)28(23(18)29)16-7-5-6-8-16/h9-13,16,27,30-31H,5-8H2,1-4H3,(H2,24,26). The molecular formula is C23H31N5O4S. The van der Waals surface area contributed by atoms with Crippen LogP contribution >= 0.6 is 10.8 Å². The van der Waals surface area contributed by atoms with Crippen molar-refractivity contribution in [1.82, 2.24) is 14.5 Å². The Bertz CT molecular complexity index is 1250. The molecule has 3 heterocycles. The van der Waals surface area contributed by atoms with E-state index in [1.807, 2.05) is 17.6 Å². The molecule has 0 saturated heterocycles. The molecular weight excluding hydrogens is 442 g/mol. The second-order valence-corrected chi connectivity index (χ2v) is 11.1. The second-order valence-electron chi connectivity index (χ2n) is 8.76. The minimum absolute atomic E-state index is 0.0953. The average molecular weight is 474 g/mol. The van der Waals surface area contributed by atoms with Gasteiger partial charge in [0, 0.05) is 40.5 Å². The van der Waals surface area contributed by atoms with Crippen LogP contribution < -0.4 is 20.8 Å². The zero-order valence-corrected chi connectivity index (χ0v) is 20.1. The number of anilines is 2. The number of fused-ring (bicyclic) bond motifs is 1. The summed E-state index contributed by atoms with van der Waals surface area (Å²) in [6.45, 7) is 5.29. The van der Waals surface area contributed by atoms with Crippen molar-refractivity contribution in [3.05, 3.63) is 40.4 Å². The molecule has 0 aliphatic heterocycles. The van der Waals surface area contributed by atoms with Gasteiger partial charge in [-0.15, -0.1) is 10.8 Å². The second kappa shape index (κ2) is 8.85. The fourth-order valence-corrected chi connectivity index (χ4v) is 5.06. The van der Waals surface area contributed by atoms with Crippen LogP contribution in [-0.4, -0.2) is 36.0 Å². The van der Waals surface area contributed by atoms with Crippen molar-refractivity contribution in [2.75, 3.05) is 17.6 Å². The van der Waals surface area contributed by atoms with Crippen LogP contribution in [0.3, 0.4) is 0 Å². The molecule has 0 unspecified atom stereocenters. The minimum Gasteiger partial charge on any atom is -0.479 e. The van der Waals surface area contributed by atoms with E-state index < -0.39 is 16.0 Å². The van der Waals surface area contributed by atoms with Crippen molar-refractivity contribution in [3.8, 4) is 17.0 Å². The summed E-state index contributed by atoms with van der Waals surface area (Å²) in [5.41, 5.74) is 8.74. The first-order valence-corrected chi connectivity index (χ1v) is 12.6. The largest absolute Gasteiger partial charge is 0.479 e. The zero-order chi connectivity index (χ0) is 23.9. The highest BCUT2D eigenvalue weighted by atomic mass is 32.3. The maximum absolute atomic E-state index is 13.8. The Kier molecular flexibility index (Phi) is 6.26. The highest BCUT2D eigenvalue weighted by Gasteiger charge is 2.24. The molecule has 1 aliphatic rings. The van der Waals surface area contributed by atoms with E-state index in [0.717, 1.165) is 42.3 Å². The third-order valence-corrected chi connectivity index (χ3v) is 8.04. The van der Waals surface area contributed by atoms with Crippen LogP contribution in [0, 0.1) is 6.92 Å². The number of ether oxygens (including phenoxy) is 1. The first-order chi connectivity index (χ1) is 15.6. The number of aromatic nitrogens is 3. The average Bonchev–Trinajstić information content (AvgIpc) is 3.27. The Labute approximate surface area is 194 Å². The minimum atomic E-state index is -3.14. The molecule has 0 atom stereocenters. The fraction of sp³-hybridized carbons (Fsp3) is 0.435. The van der Waals surface area contributed by atoms with Gasteiger partial charge >= 0.3 is 0 Å². The summed E-state index contributed by atoms with van der Waals surface area (Å²) in [6.07, 6.45) is 5.58. The van der Waals surface area contributed by atoms with E-state index >= 15 is 0 Å². The molecule has 178 valence electrons. The number of nitrogens with zero attached hydrogens (tertiary/aromatic N) is 3.